The Morgan fingerprint density at radius 3 is 2.50 bits per heavy atom. The molecule has 0 aromatic rings. The van der Waals surface area contributed by atoms with E-state index >= 15 is 0 Å². The molecule has 0 aromatic heterocycles. The van der Waals surface area contributed by atoms with Gasteiger partial charge in [0.25, 0.3) is 10.2 Å². The Morgan fingerprint density at radius 2 is 1.75 bits per heavy atom. The lowest BCUT2D eigenvalue weighted by Gasteiger charge is -2.36. The highest BCUT2D eigenvalue weighted by molar-refractivity contribution is 7.86. The number of piperidine rings is 1. The van der Waals surface area contributed by atoms with Gasteiger partial charge < -0.3 is 5.32 Å². The van der Waals surface area contributed by atoms with Crippen LogP contribution in [0.5, 0.6) is 0 Å². The number of rotatable bonds is 2. The van der Waals surface area contributed by atoms with Crippen molar-refractivity contribution in [2.75, 3.05) is 19.6 Å². The number of fused-ring (bicyclic) bond motifs is 2. The SMILES string of the molecule is CC1CCCCN1S(=O)(=O)N1CCC2CCC(C1)N2.Cl. The fourth-order valence-corrected chi connectivity index (χ4v) is 5.60. The van der Waals surface area contributed by atoms with E-state index in [0.29, 0.717) is 31.7 Å². The van der Waals surface area contributed by atoms with Gasteiger partial charge in [0.15, 0.2) is 0 Å². The summed E-state index contributed by atoms with van der Waals surface area (Å²) < 4.78 is 29.1. The van der Waals surface area contributed by atoms with Crippen molar-refractivity contribution in [1.82, 2.24) is 13.9 Å². The Labute approximate surface area is 128 Å². The molecular weight excluding hydrogens is 298 g/mol. The summed E-state index contributed by atoms with van der Waals surface area (Å²) in [7, 11) is -3.25. The third kappa shape index (κ3) is 3.14. The normalized spacial score (nSPS) is 36.4. The largest absolute Gasteiger partial charge is 0.310 e. The summed E-state index contributed by atoms with van der Waals surface area (Å²) in [5.41, 5.74) is 0. The molecule has 3 aliphatic heterocycles. The molecule has 3 atom stereocenters. The van der Waals surface area contributed by atoms with Crippen molar-refractivity contribution in [3.05, 3.63) is 0 Å². The molecule has 0 radical (unpaired) electrons. The molecule has 3 fully saturated rings. The van der Waals surface area contributed by atoms with E-state index in [1.54, 1.807) is 8.61 Å². The molecule has 118 valence electrons. The Morgan fingerprint density at radius 1 is 1.00 bits per heavy atom. The molecule has 3 aliphatic rings. The number of halogens is 1. The molecule has 3 rings (SSSR count). The van der Waals surface area contributed by atoms with Crippen LogP contribution in [-0.2, 0) is 10.2 Å². The van der Waals surface area contributed by atoms with Crippen LogP contribution in [0.25, 0.3) is 0 Å². The van der Waals surface area contributed by atoms with Crippen molar-refractivity contribution < 1.29 is 8.42 Å². The Hall–Kier alpha value is 0.120. The molecule has 0 amide bonds. The number of hydrogen-bond donors (Lipinski definition) is 1. The molecule has 5 nitrogen and oxygen atoms in total. The first-order valence-electron chi connectivity index (χ1n) is 7.60. The van der Waals surface area contributed by atoms with Crippen LogP contribution in [0.1, 0.15) is 45.4 Å². The van der Waals surface area contributed by atoms with Gasteiger partial charge in [-0.25, -0.2) is 0 Å². The zero-order valence-corrected chi connectivity index (χ0v) is 13.8. The van der Waals surface area contributed by atoms with Gasteiger partial charge in [-0.05, 0) is 39.0 Å². The summed E-state index contributed by atoms with van der Waals surface area (Å²) in [6.45, 7) is 4.07. The fourth-order valence-electron chi connectivity index (χ4n) is 3.68. The highest BCUT2D eigenvalue weighted by atomic mass is 35.5. The van der Waals surface area contributed by atoms with Gasteiger partial charge >= 0.3 is 0 Å². The van der Waals surface area contributed by atoms with Crippen LogP contribution in [0.15, 0.2) is 0 Å². The van der Waals surface area contributed by atoms with E-state index in [1.165, 1.54) is 6.42 Å². The summed E-state index contributed by atoms with van der Waals surface area (Å²) in [6, 6.07) is 1.05. The minimum atomic E-state index is -3.25. The van der Waals surface area contributed by atoms with Crippen LogP contribution in [0.3, 0.4) is 0 Å². The average Bonchev–Trinajstić information content (AvgIpc) is 2.68. The van der Waals surface area contributed by atoms with Gasteiger partial charge in [0, 0.05) is 37.8 Å². The predicted molar refractivity (Wildman–Crippen MR) is 82.3 cm³/mol. The summed E-state index contributed by atoms with van der Waals surface area (Å²) in [5, 5.41) is 3.54. The lowest BCUT2D eigenvalue weighted by Crippen LogP contribution is -2.51. The maximum atomic E-state index is 12.8. The third-order valence-electron chi connectivity index (χ3n) is 4.85. The molecule has 3 unspecified atom stereocenters. The van der Waals surface area contributed by atoms with Crippen molar-refractivity contribution in [3.63, 3.8) is 0 Å². The second-order valence-electron chi connectivity index (χ2n) is 6.25. The van der Waals surface area contributed by atoms with Gasteiger partial charge in [0.1, 0.15) is 0 Å². The van der Waals surface area contributed by atoms with Crippen molar-refractivity contribution >= 4 is 22.6 Å². The summed E-state index contributed by atoms with van der Waals surface area (Å²) in [4.78, 5) is 0. The first kappa shape index (κ1) is 16.5. The van der Waals surface area contributed by atoms with Gasteiger partial charge in [0.2, 0.25) is 0 Å². The van der Waals surface area contributed by atoms with Crippen LogP contribution >= 0.6 is 12.4 Å². The molecule has 7 heteroatoms. The van der Waals surface area contributed by atoms with Crippen LogP contribution < -0.4 is 5.32 Å². The van der Waals surface area contributed by atoms with Crippen molar-refractivity contribution in [1.29, 1.82) is 0 Å². The highest BCUT2D eigenvalue weighted by Crippen LogP contribution is 2.26. The van der Waals surface area contributed by atoms with Crippen molar-refractivity contribution in [2.45, 2.75) is 63.6 Å². The Kier molecular flexibility index (Phi) is 5.34. The van der Waals surface area contributed by atoms with E-state index in [2.05, 4.69) is 5.32 Å². The quantitative estimate of drug-likeness (QED) is 0.834. The maximum absolute atomic E-state index is 12.8. The second-order valence-corrected chi connectivity index (χ2v) is 8.13. The van der Waals surface area contributed by atoms with E-state index in [0.717, 1.165) is 32.1 Å². The third-order valence-corrected chi connectivity index (χ3v) is 6.97. The molecule has 0 spiro atoms. The number of nitrogens with zero attached hydrogens (tertiary/aromatic N) is 2. The maximum Gasteiger partial charge on any atom is 0.282 e. The van der Waals surface area contributed by atoms with Gasteiger partial charge in [0.05, 0.1) is 0 Å². The topological polar surface area (TPSA) is 52.7 Å². The summed E-state index contributed by atoms with van der Waals surface area (Å²) >= 11 is 0. The first-order valence-corrected chi connectivity index (χ1v) is 9.00. The molecule has 0 saturated carbocycles. The smallest absolute Gasteiger partial charge is 0.282 e. The minimum absolute atomic E-state index is 0. The average molecular weight is 324 g/mol. The van der Waals surface area contributed by atoms with E-state index in [4.69, 9.17) is 0 Å². The molecule has 2 bridgehead atoms. The van der Waals surface area contributed by atoms with Crippen LogP contribution in [0, 0.1) is 0 Å². The second kappa shape index (κ2) is 6.48. The predicted octanol–water partition coefficient (Wildman–Crippen LogP) is 1.35. The molecular formula is C13H26ClN3O2S. The summed E-state index contributed by atoms with van der Waals surface area (Å²) in [6.07, 6.45) is 6.43. The Bertz CT molecular complexity index is 431. The van der Waals surface area contributed by atoms with Gasteiger partial charge in [-0.1, -0.05) is 6.42 Å². The standard InChI is InChI=1S/C13H25N3O2S.ClH/c1-11-4-2-3-8-16(11)19(17,18)15-9-7-12-5-6-13(10-15)14-12;/h11-14H,2-10H2,1H3;1H. The zero-order chi connectivity index (χ0) is 13.5. The Balaban J connectivity index is 0.00000147. The van der Waals surface area contributed by atoms with Gasteiger partial charge in [-0.2, -0.15) is 17.0 Å². The zero-order valence-electron chi connectivity index (χ0n) is 12.1. The van der Waals surface area contributed by atoms with Crippen LogP contribution in [0.4, 0.5) is 0 Å². The van der Waals surface area contributed by atoms with E-state index in [9.17, 15) is 8.42 Å². The first-order chi connectivity index (χ1) is 9.07. The fraction of sp³-hybridized carbons (Fsp3) is 1.00. The lowest BCUT2D eigenvalue weighted by atomic mass is 10.1. The van der Waals surface area contributed by atoms with E-state index in [-0.39, 0.29) is 18.4 Å². The number of nitrogens with one attached hydrogen (secondary N) is 1. The van der Waals surface area contributed by atoms with Crippen molar-refractivity contribution in [2.24, 2.45) is 0 Å². The van der Waals surface area contributed by atoms with Gasteiger partial charge in [-0.15, -0.1) is 12.4 Å². The van der Waals surface area contributed by atoms with Crippen LogP contribution in [0.2, 0.25) is 0 Å². The monoisotopic (exact) mass is 323 g/mol. The minimum Gasteiger partial charge on any atom is -0.310 e. The number of hydrogen-bond acceptors (Lipinski definition) is 3. The van der Waals surface area contributed by atoms with E-state index < -0.39 is 10.2 Å². The molecule has 20 heavy (non-hydrogen) atoms. The van der Waals surface area contributed by atoms with E-state index in [1.807, 2.05) is 6.92 Å². The molecule has 3 heterocycles. The van der Waals surface area contributed by atoms with Crippen LogP contribution in [-0.4, -0.2) is 54.8 Å². The highest BCUT2D eigenvalue weighted by Gasteiger charge is 2.39. The van der Waals surface area contributed by atoms with Gasteiger partial charge in [-0.3, -0.25) is 0 Å². The molecule has 0 aromatic carbocycles. The van der Waals surface area contributed by atoms with Crippen molar-refractivity contribution in [3.8, 4) is 0 Å². The summed E-state index contributed by atoms with van der Waals surface area (Å²) in [5.74, 6) is 0. The lowest BCUT2D eigenvalue weighted by molar-refractivity contribution is 0.241. The molecule has 1 N–H and O–H groups in total. The molecule has 3 saturated heterocycles. The molecule has 0 aliphatic carbocycles.